The van der Waals surface area contributed by atoms with Crippen LogP contribution in [0.25, 0.3) is 0 Å². The van der Waals surface area contributed by atoms with E-state index < -0.39 is 10.0 Å². The first-order chi connectivity index (χ1) is 15.2. The summed E-state index contributed by atoms with van der Waals surface area (Å²) in [6, 6.07) is 1.29. The highest BCUT2D eigenvalue weighted by Crippen LogP contribution is 2.37. The Kier molecular flexibility index (Phi) is 7.11. The molecule has 9 nitrogen and oxygen atoms in total. The van der Waals surface area contributed by atoms with E-state index in [4.69, 9.17) is 16.3 Å². The van der Waals surface area contributed by atoms with Crippen LogP contribution in [0, 0.1) is 11.8 Å². The van der Waals surface area contributed by atoms with Crippen molar-refractivity contribution >= 4 is 39.3 Å². The lowest BCUT2D eigenvalue weighted by Crippen LogP contribution is -2.55. The van der Waals surface area contributed by atoms with Gasteiger partial charge in [-0.2, -0.15) is 4.98 Å². The number of ether oxygens (including phenoxy) is 1. The minimum absolute atomic E-state index is 0.0348. The molecule has 1 saturated carbocycles. The zero-order valence-electron chi connectivity index (χ0n) is 18.5. The van der Waals surface area contributed by atoms with Gasteiger partial charge in [-0.1, -0.05) is 0 Å². The fourth-order valence-corrected chi connectivity index (χ4v) is 6.70. The van der Waals surface area contributed by atoms with Crippen molar-refractivity contribution in [3.05, 3.63) is 12.3 Å². The summed E-state index contributed by atoms with van der Waals surface area (Å²) in [5, 5.41) is 6.57. The number of nitrogens with one attached hydrogen (secondary N) is 2. The van der Waals surface area contributed by atoms with Gasteiger partial charge in [-0.15, -0.1) is 11.6 Å². The maximum Gasteiger partial charge on any atom is 0.233 e. The number of hydrogen-bond acceptors (Lipinski definition) is 7. The summed E-state index contributed by atoms with van der Waals surface area (Å²) >= 11 is 6.37. The number of sulfonamides is 1. The highest BCUT2D eigenvalue weighted by molar-refractivity contribution is 7.92. The monoisotopic (exact) mass is 485 g/mol. The number of nitrogens with zero attached hydrogens (tertiary/aromatic N) is 3. The third-order valence-corrected chi connectivity index (χ3v) is 8.39. The van der Waals surface area contributed by atoms with Crippen molar-refractivity contribution in [3.8, 4) is 0 Å². The largest absolute Gasteiger partial charge is 0.379 e. The molecule has 1 amide bonds. The summed E-state index contributed by atoms with van der Waals surface area (Å²) in [5.41, 5.74) is 0. The third kappa shape index (κ3) is 5.28. The van der Waals surface area contributed by atoms with Gasteiger partial charge in [0, 0.05) is 36.3 Å². The summed E-state index contributed by atoms with van der Waals surface area (Å²) in [6.45, 7) is 2.91. The molecule has 3 aliphatic rings. The Balaban J connectivity index is 1.48. The first-order valence-corrected chi connectivity index (χ1v) is 13.6. The first kappa shape index (κ1) is 23.5. The van der Waals surface area contributed by atoms with Crippen LogP contribution < -0.4 is 14.9 Å². The van der Waals surface area contributed by atoms with Crippen LogP contribution in [-0.4, -0.2) is 67.3 Å². The SMILES string of the molecule is C[C@H](Nc1nccc(N(C2CCCOC2)S(C)(=O)=O)n1)C1CC2CC(Cl)CCC2NC1=O. The van der Waals surface area contributed by atoms with Crippen molar-refractivity contribution in [1.29, 1.82) is 0 Å². The van der Waals surface area contributed by atoms with Gasteiger partial charge in [-0.3, -0.25) is 4.79 Å². The molecule has 2 aliphatic heterocycles. The number of anilines is 2. The third-order valence-electron chi connectivity index (χ3n) is 6.79. The topological polar surface area (TPSA) is 114 Å². The molecule has 11 heteroatoms. The number of carbonyl (C=O) groups excluding carboxylic acids is 1. The number of aromatic nitrogens is 2. The lowest BCUT2D eigenvalue weighted by Gasteiger charge is -2.42. The molecule has 2 N–H and O–H groups in total. The van der Waals surface area contributed by atoms with Crippen LogP contribution in [0.1, 0.15) is 45.4 Å². The van der Waals surface area contributed by atoms with Crippen molar-refractivity contribution in [3.63, 3.8) is 0 Å². The maximum absolute atomic E-state index is 12.7. The summed E-state index contributed by atoms with van der Waals surface area (Å²) in [4.78, 5) is 21.5. The molecule has 178 valence electrons. The van der Waals surface area contributed by atoms with E-state index in [1.165, 1.54) is 16.8 Å². The molecule has 6 atom stereocenters. The number of hydrogen-bond donors (Lipinski definition) is 2. The van der Waals surface area contributed by atoms with Crippen LogP contribution in [0.15, 0.2) is 12.3 Å². The van der Waals surface area contributed by atoms with Crippen molar-refractivity contribution in [2.45, 2.75) is 69.0 Å². The molecule has 1 aliphatic carbocycles. The smallest absolute Gasteiger partial charge is 0.233 e. The molecule has 2 saturated heterocycles. The normalized spacial score (nSPS) is 31.8. The van der Waals surface area contributed by atoms with Gasteiger partial charge < -0.3 is 15.4 Å². The van der Waals surface area contributed by atoms with Crippen LogP contribution >= 0.6 is 11.6 Å². The van der Waals surface area contributed by atoms with Crippen LogP contribution in [-0.2, 0) is 19.6 Å². The van der Waals surface area contributed by atoms with E-state index in [1.54, 1.807) is 6.07 Å². The van der Waals surface area contributed by atoms with Crippen LogP contribution in [0.5, 0.6) is 0 Å². The predicted octanol–water partition coefficient (Wildman–Crippen LogP) is 2.13. The zero-order valence-corrected chi connectivity index (χ0v) is 20.1. The van der Waals surface area contributed by atoms with E-state index >= 15 is 0 Å². The van der Waals surface area contributed by atoms with Crippen LogP contribution in [0.4, 0.5) is 11.8 Å². The van der Waals surface area contributed by atoms with E-state index in [0.717, 1.165) is 32.1 Å². The molecule has 1 aromatic heterocycles. The summed E-state index contributed by atoms with van der Waals surface area (Å²) in [7, 11) is -3.55. The van der Waals surface area contributed by atoms with Crippen molar-refractivity contribution in [1.82, 2.24) is 15.3 Å². The molecule has 1 aromatic rings. The van der Waals surface area contributed by atoms with E-state index in [9.17, 15) is 13.2 Å². The number of carbonyl (C=O) groups is 1. The lowest BCUT2D eigenvalue weighted by molar-refractivity contribution is -0.130. The zero-order chi connectivity index (χ0) is 22.9. The quantitative estimate of drug-likeness (QED) is 0.593. The second-order valence-electron chi connectivity index (χ2n) is 9.23. The Hall–Kier alpha value is -1.65. The minimum atomic E-state index is -3.55. The fraction of sp³-hybridized carbons (Fsp3) is 0.762. The van der Waals surface area contributed by atoms with E-state index in [-0.39, 0.29) is 35.3 Å². The Morgan fingerprint density at radius 2 is 2.12 bits per heavy atom. The number of alkyl halides is 1. The average molecular weight is 486 g/mol. The standard InChI is InChI=1S/C21H32ClN5O4S/c1-13(17-11-14-10-15(22)5-6-18(14)25-20(17)28)24-21-23-8-7-19(26-21)27(32(2,29)30)16-4-3-9-31-12-16/h7-8,13-18H,3-6,9-12H2,1-2H3,(H,25,28)(H,23,24,26)/t13-,14?,15?,16?,17?,18?/m0/s1. The Morgan fingerprint density at radius 3 is 2.84 bits per heavy atom. The second-order valence-corrected chi connectivity index (χ2v) is 11.7. The van der Waals surface area contributed by atoms with Crippen molar-refractivity contribution < 1.29 is 17.9 Å². The van der Waals surface area contributed by atoms with Gasteiger partial charge in [0.1, 0.15) is 5.82 Å². The highest BCUT2D eigenvalue weighted by Gasteiger charge is 2.41. The first-order valence-electron chi connectivity index (χ1n) is 11.3. The van der Waals surface area contributed by atoms with Gasteiger partial charge in [0.2, 0.25) is 21.9 Å². The molecule has 3 heterocycles. The van der Waals surface area contributed by atoms with Gasteiger partial charge in [0.25, 0.3) is 0 Å². The molecule has 3 fully saturated rings. The number of fused-ring (bicyclic) bond motifs is 1. The van der Waals surface area contributed by atoms with Gasteiger partial charge in [-0.05, 0) is 51.4 Å². The molecule has 4 rings (SSSR count). The molecule has 5 unspecified atom stereocenters. The van der Waals surface area contributed by atoms with E-state index in [2.05, 4.69) is 20.6 Å². The number of amides is 1. The van der Waals surface area contributed by atoms with Gasteiger partial charge in [-0.25, -0.2) is 17.7 Å². The minimum Gasteiger partial charge on any atom is -0.379 e. The van der Waals surface area contributed by atoms with Gasteiger partial charge in [0.05, 0.1) is 24.8 Å². The molecule has 0 bridgehead atoms. The number of halogens is 1. The lowest BCUT2D eigenvalue weighted by atomic mass is 9.74. The Labute approximate surface area is 194 Å². The number of rotatable bonds is 6. The Bertz CT molecular complexity index is 927. The highest BCUT2D eigenvalue weighted by atomic mass is 35.5. The van der Waals surface area contributed by atoms with Gasteiger partial charge in [0.15, 0.2) is 0 Å². The molecular formula is C21H32ClN5O4S. The van der Waals surface area contributed by atoms with E-state index in [1.807, 2.05) is 6.92 Å². The molecule has 0 aromatic carbocycles. The number of piperidine rings is 1. The molecule has 0 radical (unpaired) electrons. The van der Waals surface area contributed by atoms with Crippen LogP contribution in [0.3, 0.4) is 0 Å². The van der Waals surface area contributed by atoms with E-state index in [0.29, 0.717) is 37.3 Å². The average Bonchev–Trinajstić information content (AvgIpc) is 2.73. The molecule has 32 heavy (non-hydrogen) atoms. The summed E-state index contributed by atoms with van der Waals surface area (Å²) in [6.07, 6.45) is 7.76. The summed E-state index contributed by atoms with van der Waals surface area (Å²) in [5.74, 6) is 0.778. The summed E-state index contributed by atoms with van der Waals surface area (Å²) < 4.78 is 31.9. The molecule has 0 spiro atoms. The Morgan fingerprint density at radius 1 is 1.31 bits per heavy atom. The van der Waals surface area contributed by atoms with Crippen molar-refractivity contribution in [2.75, 3.05) is 29.1 Å². The van der Waals surface area contributed by atoms with Crippen molar-refractivity contribution in [2.24, 2.45) is 11.8 Å². The molecular weight excluding hydrogens is 454 g/mol. The maximum atomic E-state index is 12.7. The fourth-order valence-electron chi connectivity index (χ4n) is 5.19. The van der Waals surface area contributed by atoms with Crippen LogP contribution in [0.2, 0.25) is 0 Å². The second kappa shape index (κ2) is 9.69. The van der Waals surface area contributed by atoms with Gasteiger partial charge >= 0.3 is 0 Å². The predicted molar refractivity (Wildman–Crippen MR) is 123 cm³/mol.